The van der Waals surface area contributed by atoms with E-state index in [-0.39, 0.29) is 5.92 Å². The van der Waals surface area contributed by atoms with Crippen LogP contribution in [-0.2, 0) is 4.79 Å². The Bertz CT molecular complexity index is 317. The number of hydrogen-bond donors (Lipinski definition) is 0. The van der Waals surface area contributed by atoms with Gasteiger partial charge in [-0.05, 0) is 49.9 Å². The van der Waals surface area contributed by atoms with Crippen molar-refractivity contribution in [2.45, 2.75) is 52.9 Å². The van der Waals surface area contributed by atoms with Crippen molar-refractivity contribution < 1.29 is 4.79 Å². The second kappa shape index (κ2) is 4.01. The van der Waals surface area contributed by atoms with Crippen LogP contribution >= 0.6 is 0 Å². The topological polar surface area (TPSA) is 17.1 Å². The monoisotopic (exact) mass is 220 g/mol. The summed E-state index contributed by atoms with van der Waals surface area (Å²) in [5.41, 5.74) is 1.74. The Kier molecular flexibility index (Phi) is 2.98. The van der Waals surface area contributed by atoms with Gasteiger partial charge in [-0.1, -0.05) is 26.0 Å². The van der Waals surface area contributed by atoms with E-state index in [2.05, 4.69) is 27.4 Å². The van der Waals surface area contributed by atoms with Crippen LogP contribution in [0.4, 0.5) is 0 Å². The Morgan fingerprint density at radius 3 is 2.75 bits per heavy atom. The Hall–Kier alpha value is -0.590. The first-order valence-electron chi connectivity index (χ1n) is 6.62. The first kappa shape index (κ1) is 11.9. The fraction of sp³-hybridized carbons (Fsp3) is 0.800. The van der Waals surface area contributed by atoms with E-state index in [4.69, 9.17) is 0 Å². The smallest absolute Gasteiger partial charge is 0.136 e. The minimum absolute atomic E-state index is 0.279. The Morgan fingerprint density at radius 1 is 1.44 bits per heavy atom. The molecule has 16 heavy (non-hydrogen) atoms. The Labute approximate surface area is 99.3 Å². The summed E-state index contributed by atoms with van der Waals surface area (Å²) in [6, 6.07) is 0. The van der Waals surface area contributed by atoms with Crippen LogP contribution < -0.4 is 0 Å². The van der Waals surface area contributed by atoms with E-state index in [1.807, 2.05) is 0 Å². The van der Waals surface area contributed by atoms with Crippen LogP contribution in [0.25, 0.3) is 0 Å². The van der Waals surface area contributed by atoms with E-state index >= 15 is 0 Å². The normalized spacial score (nSPS) is 43.9. The number of carbonyl (C=O) groups excluding carboxylic acids is 1. The lowest BCUT2D eigenvalue weighted by Gasteiger charge is -2.50. The molecule has 1 unspecified atom stereocenters. The largest absolute Gasteiger partial charge is 0.299 e. The van der Waals surface area contributed by atoms with Gasteiger partial charge in [0.1, 0.15) is 5.78 Å². The van der Waals surface area contributed by atoms with Crippen molar-refractivity contribution in [3.8, 4) is 0 Å². The minimum atomic E-state index is 0.279. The zero-order valence-electron chi connectivity index (χ0n) is 10.9. The van der Waals surface area contributed by atoms with Crippen LogP contribution in [0.15, 0.2) is 12.2 Å². The molecule has 0 aromatic heterocycles. The molecular formula is C15H24O. The first-order valence-corrected chi connectivity index (χ1v) is 6.62. The first-order chi connectivity index (χ1) is 7.44. The quantitative estimate of drug-likeness (QED) is 0.611. The van der Waals surface area contributed by atoms with Crippen LogP contribution in [-0.4, -0.2) is 5.78 Å². The highest BCUT2D eigenvalue weighted by Gasteiger charge is 2.47. The lowest BCUT2D eigenvalue weighted by molar-refractivity contribution is -0.133. The van der Waals surface area contributed by atoms with Gasteiger partial charge in [0.2, 0.25) is 0 Å². The predicted molar refractivity (Wildman–Crippen MR) is 67.2 cm³/mol. The van der Waals surface area contributed by atoms with E-state index in [1.54, 1.807) is 0 Å². The van der Waals surface area contributed by atoms with Crippen molar-refractivity contribution in [3.05, 3.63) is 12.2 Å². The molecule has 0 aromatic rings. The highest BCUT2D eigenvalue weighted by molar-refractivity contribution is 5.82. The second-order valence-electron chi connectivity index (χ2n) is 6.33. The van der Waals surface area contributed by atoms with Gasteiger partial charge in [-0.3, -0.25) is 4.79 Å². The van der Waals surface area contributed by atoms with Gasteiger partial charge in [0, 0.05) is 12.3 Å². The van der Waals surface area contributed by atoms with E-state index in [0.29, 0.717) is 23.0 Å². The molecule has 0 saturated heterocycles. The summed E-state index contributed by atoms with van der Waals surface area (Å²) in [5.74, 6) is 2.03. The van der Waals surface area contributed by atoms with Gasteiger partial charge >= 0.3 is 0 Å². The van der Waals surface area contributed by atoms with Crippen LogP contribution in [0.2, 0.25) is 0 Å². The minimum Gasteiger partial charge on any atom is -0.299 e. The summed E-state index contributed by atoms with van der Waals surface area (Å²) in [6.45, 7) is 10.8. The van der Waals surface area contributed by atoms with E-state index in [1.165, 1.54) is 24.8 Å². The highest BCUT2D eigenvalue weighted by atomic mass is 16.1. The zero-order valence-corrected chi connectivity index (χ0v) is 10.9. The molecule has 0 bridgehead atoms. The molecule has 0 aromatic carbocycles. The third-order valence-corrected chi connectivity index (χ3v) is 5.25. The summed E-state index contributed by atoms with van der Waals surface area (Å²) >= 11 is 0. The molecule has 0 heterocycles. The lowest BCUT2D eigenvalue weighted by Crippen LogP contribution is -2.44. The van der Waals surface area contributed by atoms with E-state index < -0.39 is 0 Å². The van der Waals surface area contributed by atoms with Crippen LogP contribution in [0, 0.1) is 23.2 Å². The molecule has 1 heteroatoms. The fourth-order valence-electron chi connectivity index (χ4n) is 3.82. The van der Waals surface area contributed by atoms with Gasteiger partial charge in [-0.25, -0.2) is 0 Å². The van der Waals surface area contributed by atoms with Gasteiger partial charge in [0.05, 0.1) is 0 Å². The van der Waals surface area contributed by atoms with Crippen molar-refractivity contribution in [3.63, 3.8) is 0 Å². The summed E-state index contributed by atoms with van der Waals surface area (Å²) in [7, 11) is 0. The fourth-order valence-corrected chi connectivity index (χ4v) is 3.82. The molecule has 2 fully saturated rings. The third kappa shape index (κ3) is 1.85. The SMILES string of the molecule is C=C(C)[C@@H]1CC[C@@]2(C)CCC(=O)[C@H](C)C2C1. The maximum atomic E-state index is 11.8. The molecular weight excluding hydrogens is 196 g/mol. The Balaban J connectivity index is 2.18. The number of ketones is 1. The Morgan fingerprint density at radius 2 is 2.12 bits per heavy atom. The van der Waals surface area contributed by atoms with Gasteiger partial charge < -0.3 is 0 Å². The molecule has 0 N–H and O–H groups in total. The molecule has 0 radical (unpaired) electrons. The third-order valence-electron chi connectivity index (χ3n) is 5.25. The number of allylic oxidation sites excluding steroid dienone is 1. The molecule has 2 rings (SSSR count). The van der Waals surface area contributed by atoms with Gasteiger partial charge in [-0.2, -0.15) is 0 Å². The molecule has 1 nitrogen and oxygen atoms in total. The molecule has 2 saturated carbocycles. The molecule has 2 aliphatic carbocycles. The van der Waals surface area contributed by atoms with Crippen molar-refractivity contribution in [2.24, 2.45) is 23.2 Å². The maximum absolute atomic E-state index is 11.8. The average Bonchev–Trinajstić information content (AvgIpc) is 2.24. The second-order valence-corrected chi connectivity index (χ2v) is 6.33. The summed E-state index contributed by atoms with van der Waals surface area (Å²) in [4.78, 5) is 11.8. The van der Waals surface area contributed by atoms with Crippen molar-refractivity contribution in [1.29, 1.82) is 0 Å². The van der Waals surface area contributed by atoms with Crippen molar-refractivity contribution in [2.75, 3.05) is 0 Å². The van der Waals surface area contributed by atoms with Crippen molar-refractivity contribution >= 4 is 5.78 Å². The number of rotatable bonds is 1. The van der Waals surface area contributed by atoms with Gasteiger partial charge in [0.15, 0.2) is 0 Å². The molecule has 90 valence electrons. The molecule has 0 amide bonds. The van der Waals surface area contributed by atoms with E-state index in [9.17, 15) is 4.79 Å². The predicted octanol–water partition coefficient (Wildman–Crippen LogP) is 3.98. The van der Waals surface area contributed by atoms with E-state index in [0.717, 1.165) is 12.8 Å². The van der Waals surface area contributed by atoms with Gasteiger partial charge in [0.25, 0.3) is 0 Å². The van der Waals surface area contributed by atoms with Crippen LogP contribution in [0.1, 0.15) is 52.9 Å². The van der Waals surface area contributed by atoms with Crippen LogP contribution in [0.3, 0.4) is 0 Å². The molecule has 4 atom stereocenters. The lowest BCUT2D eigenvalue weighted by atomic mass is 9.54. The van der Waals surface area contributed by atoms with Crippen LogP contribution in [0.5, 0.6) is 0 Å². The maximum Gasteiger partial charge on any atom is 0.136 e. The number of fused-ring (bicyclic) bond motifs is 1. The highest BCUT2D eigenvalue weighted by Crippen LogP contribution is 2.53. The summed E-state index contributed by atoms with van der Waals surface area (Å²) in [5, 5.41) is 0. The van der Waals surface area contributed by atoms with Gasteiger partial charge in [-0.15, -0.1) is 0 Å². The molecule has 0 aliphatic heterocycles. The summed E-state index contributed by atoms with van der Waals surface area (Å²) in [6.07, 6.45) is 5.68. The zero-order chi connectivity index (χ0) is 11.9. The number of hydrogen-bond acceptors (Lipinski definition) is 1. The number of Topliss-reactive ketones (excluding diaryl/α,β-unsaturated/α-hetero) is 1. The number of carbonyl (C=O) groups is 1. The average molecular weight is 220 g/mol. The van der Waals surface area contributed by atoms with Crippen molar-refractivity contribution in [1.82, 2.24) is 0 Å². The standard InChI is InChI=1S/C15H24O/c1-10(2)12-5-7-15(4)8-6-14(16)11(3)13(15)9-12/h11-13H,1,5-9H2,2-4H3/t11-,12-,13?,15+/m1/s1. The summed E-state index contributed by atoms with van der Waals surface area (Å²) < 4.78 is 0. The molecule has 2 aliphatic rings. The molecule has 0 spiro atoms.